The third-order valence-electron chi connectivity index (χ3n) is 7.01. The molecule has 1 unspecified atom stereocenters. The van der Waals surface area contributed by atoms with Gasteiger partial charge in [0.15, 0.2) is 0 Å². The molecule has 0 radical (unpaired) electrons. The lowest BCUT2D eigenvalue weighted by molar-refractivity contribution is 0.207. The average molecular weight is 474 g/mol. The van der Waals surface area contributed by atoms with Crippen LogP contribution in [0.25, 0.3) is 27.9 Å². The quantitative estimate of drug-likeness (QED) is 0.501. The lowest BCUT2D eigenvalue weighted by Crippen LogP contribution is -2.45. The number of hydrogen-bond donors (Lipinski definition) is 1. The first-order chi connectivity index (χ1) is 16.4. The van der Waals surface area contributed by atoms with Crippen molar-refractivity contribution in [2.45, 2.75) is 25.3 Å². The standard InChI is InChI=1S/C28H32ClN5/c1-19-5-7-24(30-19)15-20(2)33-11-13-34(14-12-33)21(3)22-6-8-25-26(29)17-27(31-28(25)16-22)23-9-10-32(4)18-23/h6,8-10,16-18,24,30H,1-3,5,7,11-15H2,4H3. The van der Waals surface area contributed by atoms with Crippen LogP contribution in [-0.4, -0.2) is 51.6 Å². The molecule has 1 atom stereocenters. The van der Waals surface area contributed by atoms with Crippen molar-refractivity contribution in [2.75, 3.05) is 26.2 Å². The van der Waals surface area contributed by atoms with Crippen molar-refractivity contribution in [1.29, 1.82) is 0 Å². The maximum absolute atomic E-state index is 6.61. The molecule has 2 aliphatic heterocycles. The highest BCUT2D eigenvalue weighted by molar-refractivity contribution is 6.35. The van der Waals surface area contributed by atoms with Gasteiger partial charge >= 0.3 is 0 Å². The van der Waals surface area contributed by atoms with E-state index < -0.39 is 0 Å². The van der Waals surface area contributed by atoms with Crippen molar-refractivity contribution in [3.8, 4) is 11.3 Å². The van der Waals surface area contributed by atoms with Crippen LogP contribution in [0.15, 0.2) is 73.9 Å². The number of nitrogens with zero attached hydrogens (tertiary/aromatic N) is 4. The van der Waals surface area contributed by atoms with Gasteiger partial charge in [0.2, 0.25) is 0 Å². The number of allylic oxidation sites excluding steroid dienone is 1. The fraction of sp³-hybridized carbons (Fsp3) is 0.321. The van der Waals surface area contributed by atoms with Crippen LogP contribution >= 0.6 is 11.6 Å². The van der Waals surface area contributed by atoms with E-state index in [1.54, 1.807) is 0 Å². The number of hydrogen-bond acceptors (Lipinski definition) is 4. The summed E-state index contributed by atoms with van der Waals surface area (Å²) in [5.41, 5.74) is 7.32. The molecule has 2 aromatic heterocycles. The summed E-state index contributed by atoms with van der Waals surface area (Å²) in [5, 5.41) is 5.16. The van der Waals surface area contributed by atoms with Gasteiger partial charge in [0, 0.05) is 86.1 Å². The molecule has 5 rings (SSSR count). The number of rotatable bonds is 6. The zero-order chi connectivity index (χ0) is 23.8. The maximum atomic E-state index is 6.61. The number of fused-ring (bicyclic) bond motifs is 1. The smallest absolute Gasteiger partial charge is 0.0739 e. The minimum Gasteiger partial charge on any atom is -0.386 e. The van der Waals surface area contributed by atoms with E-state index in [1.165, 1.54) is 5.70 Å². The highest BCUT2D eigenvalue weighted by Gasteiger charge is 2.23. The SMILES string of the molecule is C=C1CCC(CC(=C)N2CCN(C(=C)c3ccc4c(Cl)cc(-c5ccn(C)c5)nc4c3)CC2)N1. The Bertz CT molecular complexity index is 1270. The van der Waals surface area contributed by atoms with E-state index >= 15 is 0 Å². The molecule has 4 heterocycles. The number of pyridine rings is 1. The molecule has 6 heteroatoms. The van der Waals surface area contributed by atoms with Gasteiger partial charge in [0.1, 0.15) is 0 Å². The Hall–Kier alpha value is -3.18. The normalized spacial score (nSPS) is 18.4. The summed E-state index contributed by atoms with van der Waals surface area (Å²) in [6.45, 7) is 16.6. The van der Waals surface area contributed by atoms with Crippen molar-refractivity contribution in [3.05, 3.63) is 84.4 Å². The summed E-state index contributed by atoms with van der Waals surface area (Å²) in [4.78, 5) is 9.69. The molecule has 1 aromatic carbocycles. The fourth-order valence-electron chi connectivity index (χ4n) is 4.99. The molecule has 0 spiro atoms. The van der Waals surface area contributed by atoms with E-state index in [1.807, 2.05) is 23.9 Å². The molecule has 0 saturated carbocycles. The number of halogens is 1. The second-order valence-corrected chi connectivity index (χ2v) is 9.87. The second-order valence-electron chi connectivity index (χ2n) is 9.46. The highest BCUT2D eigenvalue weighted by Crippen LogP contribution is 2.31. The molecule has 2 saturated heterocycles. The number of benzene rings is 1. The van der Waals surface area contributed by atoms with Gasteiger partial charge in [-0.2, -0.15) is 0 Å². The average Bonchev–Trinajstić information content (AvgIpc) is 3.46. The number of aryl methyl sites for hydroxylation is 1. The van der Waals surface area contributed by atoms with Crippen LogP contribution in [0, 0.1) is 0 Å². The van der Waals surface area contributed by atoms with Gasteiger partial charge in [0.25, 0.3) is 0 Å². The minimum atomic E-state index is 0.477. The molecule has 34 heavy (non-hydrogen) atoms. The Morgan fingerprint density at radius 2 is 1.88 bits per heavy atom. The molecule has 3 aromatic rings. The lowest BCUT2D eigenvalue weighted by Gasteiger charge is -2.39. The van der Waals surface area contributed by atoms with Crippen LogP contribution in [0.1, 0.15) is 24.8 Å². The summed E-state index contributed by atoms with van der Waals surface area (Å²) in [7, 11) is 2.01. The molecule has 0 bridgehead atoms. The fourth-order valence-corrected chi connectivity index (χ4v) is 5.25. The number of nitrogens with one attached hydrogen (secondary N) is 1. The molecule has 176 valence electrons. The summed E-state index contributed by atoms with van der Waals surface area (Å²) >= 11 is 6.61. The summed E-state index contributed by atoms with van der Waals surface area (Å²) in [6.07, 6.45) is 7.29. The van der Waals surface area contributed by atoms with Gasteiger partial charge in [-0.1, -0.05) is 43.5 Å². The molecule has 2 aliphatic rings. The van der Waals surface area contributed by atoms with Crippen molar-refractivity contribution in [2.24, 2.45) is 7.05 Å². The molecular formula is C28H32ClN5. The molecule has 5 nitrogen and oxygen atoms in total. The van der Waals surface area contributed by atoms with E-state index in [-0.39, 0.29) is 0 Å². The summed E-state index contributed by atoms with van der Waals surface area (Å²) < 4.78 is 2.02. The monoisotopic (exact) mass is 473 g/mol. The summed E-state index contributed by atoms with van der Waals surface area (Å²) in [6, 6.07) is 10.7. The Balaban J connectivity index is 1.27. The van der Waals surface area contributed by atoms with E-state index in [4.69, 9.17) is 16.6 Å². The van der Waals surface area contributed by atoms with Crippen molar-refractivity contribution in [3.63, 3.8) is 0 Å². The molecular weight excluding hydrogens is 442 g/mol. The third-order valence-corrected chi connectivity index (χ3v) is 7.33. The molecule has 2 fully saturated rings. The molecule has 0 amide bonds. The topological polar surface area (TPSA) is 36.3 Å². The Kier molecular flexibility index (Phi) is 6.13. The number of aromatic nitrogens is 2. The van der Waals surface area contributed by atoms with Gasteiger partial charge < -0.3 is 19.7 Å². The predicted octanol–water partition coefficient (Wildman–Crippen LogP) is 5.65. The van der Waals surface area contributed by atoms with Gasteiger partial charge in [0.05, 0.1) is 16.2 Å². The van der Waals surface area contributed by atoms with Crippen LogP contribution in [0.4, 0.5) is 0 Å². The van der Waals surface area contributed by atoms with E-state index in [2.05, 4.69) is 65.3 Å². The first kappa shape index (κ1) is 22.6. The Labute approximate surface area is 207 Å². The van der Waals surface area contributed by atoms with Crippen LogP contribution < -0.4 is 5.32 Å². The highest BCUT2D eigenvalue weighted by atomic mass is 35.5. The predicted molar refractivity (Wildman–Crippen MR) is 142 cm³/mol. The van der Waals surface area contributed by atoms with Gasteiger partial charge in [-0.25, -0.2) is 4.98 Å². The summed E-state index contributed by atoms with van der Waals surface area (Å²) in [5.74, 6) is 0. The van der Waals surface area contributed by atoms with Gasteiger partial charge in [-0.15, -0.1) is 0 Å². The van der Waals surface area contributed by atoms with Crippen molar-refractivity contribution in [1.82, 2.24) is 24.7 Å². The molecule has 0 aliphatic carbocycles. The van der Waals surface area contributed by atoms with E-state index in [0.717, 1.165) is 84.6 Å². The van der Waals surface area contributed by atoms with Gasteiger partial charge in [-0.05, 0) is 36.6 Å². The van der Waals surface area contributed by atoms with Crippen LogP contribution in [-0.2, 0) is 7.05 Å². The Morgan fingerprint density at radius 1 is 1.12 bits per heavy atom. The zero-order valence-corrected chi connectivity index (χ0v) is 20.6. The second kappa shape index (κ2) is 9.22. The van der Waals surface area contributed by atoms with Crippen LogP contribution in [0.5, 0.6) is 0 Å². The van der Waals surface area contributed by atoms with Gasteiger partial charge in [-0.3, -0.25) is 0 Å². The largest absolute Gasteiger partial charge is 0.386 e. The zero-order valence-electron chi connectivity index (χ0n) is 19.9. The van der Waals surface area contributed by atoms with Crippen LogP contribution in [0.3, 0.4) is 0 Å². The Morgan fingerprint density at radius 3 is 2.56 bits per heavy atom. The molecule has 1 N–H and O–H groups in total. The lowest BCUT2D eigenvalue weighted by atomic mass is 10.1. The van der Waals surface area contributed by atoms with E-state index in [0.29, 0.717) is 11.1 Å². The minimum absolute atomic E-state index is 0.477. The van der Waals surface area contributed by atoms with Crippen molar-refractivity contribution < 1.29 is 0 Å². The first-order valence-electron chi connectivity index (χ1n) is 11.9. The van der Waals surface area contributed by atoms with Crippen molar-refractivity contribution >= 4 is 28.2 Å². The maximum Gasteiger partial charge on any atom is 0.0739 e. The third kappa shape index (κ3) is 4.58. The first-order valence-corrected chi connectivity index (χ1v) is 12.3. The van der Waals surface area contributed by atoms with E-state index in [9.17, 15) is 0 Å². The number of piperazine rings is 1. The van der Waals surface area contributed by atoms with Crippen LogP contribution in [0.2, 0.25) is 5.02 Å².